The number of nitrogens with one attached hydrogen (secondary N) is 1. The minimum Gasteiger partial charge on any atom is -0.367 e. The molecule has 0 radical (unpaired) electrons. The molecule has 26 heavy (non-hydrogen) atoms. The number of rotatable bonds is 8. The minimum atomic E-state index is -4.36. The molecule has 142 valence electrons. The van der Waals surface area contributed by atoms with Gasteiger partial charge in [-0.15, -0.1) is 0 Å². The average Bonchev–Trinajstić information content (AvgIpc) is 2.88. The molecule has 2 aromatic rings. The van der Waals surface area contributed by atoms with E-state index in [1.165, 1.54) is 6.07 Å². The van der Waals surface area contributed by atoms with Crippen LogP contribution in [0.1, 0.15) is 28.0 Å². The Morgan fingerprint density at radius 2 is 2.15 bits per heavy atom. The summed E-state index contributed by atoms with van der Waals surface area (Å²) < 4.78 is 43.6. The third-order valence-corrected chi connectivity index (χ3v) is 4.24. The molecule has 0 aliphatic rings. The number of halogens is 4. The number of alkyl halides is 3. The second kappa shape index (κ2) is 9.18. The molecule has 0 saturated heterocycles. The van der Waals surface area contributed by atoms with Crippen LogP contribution in [0.5, 0.6) is 0 Å². The van der Waals surface area contributed by atoms with Gasteiger partial charge >= 0.3 is 6.18 Å². The normalized spacial score (nSPS) is 11.6. The van der Waals surface area contributed by atoms with Gasteiger partial charge in [-0.25, -0.2) is 0 Å². The molecule has 1 aromatic carbocycles. The van der Waals surface area contributed by atoms with E-state index in [1.807, 2.05) is 13.1 Å². The molecule has 1 heterocycles. The van der Waals surface area contributed by atoms with Crippen molar-refractivity contribution in [2.75, 3.05) is 13.2 Å². The summed E-state index contributed by atoms with van der Waals surface area (Å²) in [7, 11) is 0. The van der Waals surface area contributed by atoms with Gasteiger partial charge in [-0.2, -0.15) is 18.3 Å². The minimum absolute atomic E-state index is 0.200. The van der Waals surface area contributed by atoms with Crippen LogP contribution in [0.4, 0.5) is 13.2 Å². The zero-order valence-electron chi connectivity index (χ0n) is 14.1. The zero-order valence-corrected chi connectivity index (χ0v) is 15.7. The van der Waals surface area contributed by atoms with Crippen LogP contribution in [0, 0.1) is 6.92 Å². The number of amides is 1. The van der Waals surface area contributed by atoms with Gasteiger partial charge in [0.05, 0.1) is 16.8 Å². The Morgan fingerprint density at radius 1 is 1.38 bits per heavy atom. The van der Waals surface area contributed by atoms with Gasteiger partial charge in [0.2, 0.25) is 0 Å². The van der Waals surface area contributed by atoms with E-state index in [9.17, 15) is 18.0 Å². The molecule has 0 fully saturated rings. The van der Waals surface area contributed by atoms with Gasteiger partial charge in [0.1, 0.15) is 6.61 Å². The highest BCUT2D eigenvalue weighted by atomic mass is 79.9. The molecule has 0 spiro atoms. The van der Waals surface area contributed by atoms with Crippen molar-refractivity contribution in [3.8, 4) is 0 Å². The summed E-state index contributed by atoms with van der Waals surface area (Å²) in [4.78, 5) is 12.1. The molecule has 1 aromatic heterocycles. The highest BCUT2D eigenvalue weighted by Gasteiger charge is 2.27. The molecule has 0 aliphatic heterocycles. The molecule has 0 atom stereocenters. The van der Waals surface area contributed by atoms with Crippen molar-refractivity contribution in [1.82, 2.24) is 15.1 Å². The number of hydrogen-bond acceptors (Lipinski definition) is 3. The Labute approximate surface area is 157 Å². The predicted octanol–water partition coefficient (Wildman–Crippen LogP) is 3.85. The van der Waals surface area contributed by atoms with Crippen LogP contribution in [0.3, 0.4) is 0 Å². The van der Waals surface area contributed by atoms with Crippen LogP contribution in [-0.4, -0.2) is 35.0 Å². The van der Waals surface area contributed by atoms with Crippen molar-refractivity contribution >= 4 is 21.8 Å². The first-order valence-electron chi connectivity index (χ1n) is 7.96. The van der Waals surface area contributed by atoms with Crippen LogP contribution in [-0.2, 0) is 17.9 Å². The first kappa shape index (κ1) is 20.4. The summed E-state index contributed by atoms with van der Waals surface area (Å²) in [5, 5.41) is 7.09. The highest BCUT2D eigenvalue weighted by Crippen LogP contribution is 2.16. The van der Waals surface area contributed by atoms with Crippen molar-refractivity contribution in [2.24, 2.45) is 0 Å². The summed E-state index contributed by atoms with van der Waals surface area (Å²) >= 11 is 3.39. The molecule has 0 saturated carbocycles. The predicted molar refractivity (Wildman–Crippen MR) is 93.8 cm³/mol. The molecular weight excluding hydrogens is 415 g/mol. The molecule has 9 heteroatoms. The van der Waals surface area contributed by atoms with E-state index in [0.717, 1.165) is 10.2 Å². The maximum Gasteiger partial charge on any atom is 0.411 e. The summed E-state index contributed by atoms with van der Waals surface area (Å²) in [5.74, 6) is -0.277. The van der Waals surface area contributed by atoms with Crippen molar-refractivity contribution in [2.45, 2.75) is 32.7 Å². The monoisotopic (exact) mass is 433 g/mol. The van der Waals surface area contributed by atoms with Gasteiger partial charge in [-0.05, 0) is 47.0 Å². The fourth-order valence-corrected chi connectivity index (χ4v) is 2.56. The number of hydrogen-bond donors (Lipinski definition) is 1. The SMILES string of the molecule is Cc1nn(CCCNC(=O)c2cccc(COCC(F)(F)F)c2)cc1Br. The Morgan fingerprint density at radius 3 is 2.81 bits per heavy atom. The quantitative estimate of drug-likeness (QED) is 0.643. The van der Waals surface area contributed by atoms with E-state index in [4.69, 9.17) is 0 Å². The largest absolute Gasteiger partial charge is 0.411 e. The maximum atomic E-state index is 12.1. The van der Waals surface area contributed by atoms with Crippen molar-refractivity contribution in [3.63, 3.8) is 0 Å². The summed E-state index contributed by atoms with van der Waals surface area (Å²) in [5.41, 5.74) is 1.80. The molecule has 0 aliphatic carbocycles. The summed E-state index contributed by atoms with van der Waals surface area (Å²) in [6, 6.07) is 6.37. The molecule has 0 unspecified atom stereocenters. The van der Waals surface area contributed by atoms with Crippen LogP contribution in [0.2, 0.25) is 0 Å². The third kappa shape index (κ3) is 6.80. The van der Waals surface area contributed by atoms with E-state index >= 15 is 0 Å². The van der Waals surface area contributed by atoms with Crippen LogP contribution >= 0.6 is 15.9 Å². The van der Waals surface area contributed by atoms with Gasteiger partial charge in [0.25, 0.3) is 5.91 Å². The molecule has 2 rings (SSSR count). The Hall–Kier alpha value is -1.87. The van der Waals surface area contributed by atoms with Crippen LogP contribution in [0.15, 0.2) is 34.9 Å². The first-order chi connectivity index (χ1) is 12.2. The Kier molecular flexibility index (Phi) is 7.22. The number of nitrogens with zero attached hydrogens (tertiary/aromatic N) is 2. The summed E-state index contributed by atoms with van der Waals surface area (Å²) in [6.07, 6.45) is -1.78. The first-order valence-corrected chi connectivity index (χ1v) is 8.75. The van der Waals surface area contributed by atoms with Gasteiger partial charge in [-0.1, -0.05) is 12.1 Å². The number of aromatic nitrogens is 2. The molecule has 1 N–H and O–H groups in total. The van der Waals surface area contributed by atoms with E-state index in [0.29, 0.717) is 30.6 Å². The number of carbonyl (C=O) groups is 1. The lowest BCUT2D eigenvalue weighted by Gasteiger charge is -2.09. The third-order valence-electron chi connectivity index (χ3n) is 3.46. The molecular formula is C17H19BrF3N3O2. The van der Waals surface area contributed by atoms with E-state index in [2.05, 4.69) is 31.1 Å². The highest BCUT2D eigenvalue weighted by molar-refractivity contribution is 9.10. The standard InChI is InChI=1S/C17H19BrF3N3O2/c1-12-15(18)9-24(23-12)7-3-6-22-16(25)14-5-2-4-13(8-14)10-26-11-17(19,20)21/h2,4-5,8-9H,3,6-7,10-11H2,1H3,(H,22,25). The van der Waals surface area contributed by atoms with Crippen molar-refractivity contribution in [1.29, 1.82) is 0 Å². The molecule has 0 bridgehead atoms. The average molecular weight is 434 g/mol. The van der Waals surface area contributed by atoms with E-state index in [1.54, 1.807) is 22.9 Å². The Bertz CT molecular complexity index is 728. The number of carbonyl (C=O) groups excluding carboxylic acids is 1. The van der Waals surface area contributed by atoms with Gasteiger partial charge < -0.3 is 10.1 Å². The van der Waals surface area contributed by atoms with Crippen molar-refractivity contribution < 1.29 is 22.7 Å². The fraction of sp³-hybridized carbons (Fsp3) is 0.412. The smallest absolute Gasteiger partial charge is 0.367 e. The topological polar surface area (TPSA) is 56.2 Å². The van der Waals surface area contributed by atoms with Gasteiger partial charge in [0.15, 0.2) is 0 Å². The number of ether oxygens (including phenoxy) is 1. The second-order valence-corrected chi connectivity index (χ2v) is 6.60. The lowest BCUT2D eigenvalue weighted by Crippen LogP contribution is -2.25. The number of aryl methyl sites for hydroxylation is 2. The summed E-state index contributed by atoms with van der Waals surface area (Å²) in [6.45, 7) is 1.51. The van der Waals surface area contributed by atoms with Gasteiger partial charge in [0, 0.05) is 24.8 Å². The van der Waals surface area contributed by atoms with Crippen LogP contribution < -0.4 is 5.32 Å². The number of benzene rings is 1. The fourth-order valence-electron chi connectivity index (χ4n) is 2.24. The van der Waals surface area contributed by atoms with Crippen LogP contribution in [0.25, 0.3) is 0 Å². The Balaban J connectivity index is 1.77. The van der Waals surface area contributed by atoms with Gasteiger partial charge in [-0.3, -0.25) is 9.48 Å². The van der Waals surface area contributed by atoms with E-state index in [-0.39, 0.29) is 12.5 Å². The lowest BCUT2D eigenvalue weighted by atomic mass is 10.1. The second-order valence-electron chi connectivity index (χ2n) is 5.74. The maximum absolute atomic E-state index is 12.1. The van der Waals surface area contributed by atoms with Crippen molar-refractivity contribution in [3.05, 3.63) is 51.8 Å². The molecule has 5 nitrogen and oxygen atoms in total. The zero-order chi connectivity index (χ0) is 19.2. The molecule has 1 amide bonds. The lowest BCUT2D eigenvalue weighted by molar-refractivity contribution is -0.176. The van der Waals surface area contributed by atoms with E-state index < -0.39 is 12.8 Å².